The fourth-order valence-corrected chi connectivity index (χ4v) is 5.56. The predicted octanol–water partition coefficient (Wildman–Crippen LogP) is 3.82. The summed E-state index contributed by atoms with van der Waals surface area (Å²) < 4.78 is 19.6. The highest BCUT2D eigenvalue weighted by Gasteiger charge is 2.74. The lowest BCUT2D eigenvalue weighted by Crippen LogP contribution is -2.50. The third-order valence-electron chi connectivity index (χ3n) is 7.27. The van der Waals surface area contributed by atoms with Crippen LogP contribution in [0.1, 0.15) is 43.5 Å². The molecule has 3 atom stereocenters. The number of benzene rings is 3. The molecule has 6 nitrogen and oxygen atoms in total. The van der Waals surface area contributed by atoms with Crippen molar-refractivity contribution in [1.29, 1.82) is 0 Å². The molecule has 35 heavy (non-hydrogen) atoms. The molecule has 0 aromatic heterocycles. The summed E-state index contributed by atoms with van der Waals surface area (Å²) in [4.78, 5) is 55.9. The Morgan fingerprint density at radius 3 is 2.03 bits per heavy atom. The first-order chi connectivity index (χ1) is 16.8. The van der Waals surface area contributed by atoms with Gasteiger partial charge in [-0.3, -0.25) is 24.1 Å². The number of imide groups is 1. The summed E-state index contributed by atoms with van der Waals surface area (Å²) in [7, 11) is 0. The van der Waals surface area contributed by atoms with Gasteiger partial charge >= 0.3 is 0 Å². The van der Waals surface area contributed by atoms with Crippen molar-refractivity contribution in [3.05, 3.63) is 106 Å². The number of hydrogen-bond acceptors (Lipinski definition) is 5. The van der Waals surface area contributed by atoms with E-state index in [1.807, 2.05) is 19.1 Å². The third kappa shape index (κ3) is 2.91. The Kier molecular flexibility index (Phi) is 4.63. The molecule has 0 saturated carbocycles. The average molecular weight is 469 g/mol. The number of Topliss-reactive ketones (excluding diaryl/α,β-unsaturated/α-hetero) is 2. The van der Waals surface area contributed by atoms with Crippen LogP contribution in [-0.2, 0) is 20.9 Å². The zero-order valence-corrected chi connectivity index (χ0v) is 18.7. The Morgan fingerprint density at radius 2 is 1.43 bits per heavy atom. The van der Waals surface area contributed by atoms with E-state index in [1.54, 1.807) is 36.4 Å². The zero-order chi connectivity index (χ0) is 24.5. The van der Waals surface area contributed by atoms with E-state index in [2.05, 4.69) is 0 Å². The molecule has 1 aliphatic carbocycles. The van der Waals surface area contributed by atoms with Gasteiger partial charge in [0.25, 0.3) is 0 Å². The molecule has 3 aromatic rings. The van der Waals surface area contributed by atoms with E-state index in [9.17, 15) is 23.6 Å². The summed E-state index contributed by atoms with van der Waals surface area (Å²) in [5.41, 5.74) is 0.459. The lowest BCUT2D eigenvalue weighted by molar-refractivity contribution is -0.145. The van der Waals surface area contributed by atoms with E-state index in [4.69, 9.17) is 4.74 Å². The number of amides is 2. The number of likely N-dealkylation sites (tertiary alicyclic amines) is 1. The first-order valence-corrected chi connectivity index (χ1v) is 11.4. The van der Waals surface area contributed by atoms with E-state index in [1.165, 1.54) is 24.3 Å². The summed E-state index contributed by atoms with van der Waals surface area (Å²) >= 11 is 0. The van der Waals surface area contributed by atoms with Crippen LogP contribution in [0.25, 0.3) is 0 Å². The van der Waals surface area contributed by atoms with Crippen LogP contribution in [0.5, 0.6) is 0 Å². The molecule has 3 aromatic carbocycles. The molecule has 2 aliphatic heterocycles. The number of rotatable bonds is 3. The van der Waals surface area contributed by atoms with Crippen molar-refractivity contribution in [2.45, 2.75) is 25.2 Å². The number of fused-ring (bicyclic) bond motifs is 3. The van der Waals surface area contributed by atoms with Crippen LogP contribution in [-0.4, -0.2) is 33.9 Å². The minimum Gasteiger partial charge on any atom is -0.349 e. The van der Waals surface area contributed by atoms with Gasteiger partial charge in [-0.2, -0.15) is 0 Å². The van der Waals surface area contributed by atoms with Gasteiger partial charge in [-0.1, -0.05) is 66.2 Å². The SMILES string of the molecule is Cc1ccc([C@@H]2OC3(C(=O)c4ccccc4C3=O)[C@@H]3C(=O)N(Cc4ccc(F)cc4)C(=O)[C@H]32)cc1. The number of ketones is 2. The maximum Gasteiger partial charge on any atom is 0.237 e. The molecule has 0 bridgehead atoms. The molecule has 1 spiro atoms. The number of halogens is 1. The summed E-state index contributed by atoms with van der Waals surface area (Å²) in [6.45, 7) is 1.83. The van der Waals surface area contributed by atoms with Crippen LogP contribution in [0.4, 0.5) is 4.39 Å². The second-order valence-corrected chi connectivity index (χ2v) is 9.28. The number of nitrogens with zero attached hydrogens (tertiary/aromatic N) is 1. The van der Waals surface area contributed by atoms with Crippen molar-refractivity contribution in [2.75, 3.05) is 0 Å². The van der Waals surface area contributed by atoms with Crippen molar-refractivity contribution >= 4 is 23.4 Å². The largest absolute Gasteiger partial charge is 0.349 e. The Hall–Kier alpha value is -3.97. The topological polar surface area (TPSA) is 80.8 Å². The highest BCUT2D eigenvalue weighted by atomic mass is 19.1. The lowest BCUT2D eigenvalue weighted by Gasteiger charge is -2.27. The average Bonchev–Trinajstić information content (AvgIpc) is 3.42. The Bertz CT molecular complexity index is 1380. The first-order valence-electron chi connectivity index (χ1n) is 11.4. The van der Waals surface area contributed by atoms with Gasteiger partial charge in [0.15, 0.2) is 0 Å². The molecule has 2 saturated heterocycles. The quantitative estimate of drug-likeness (QED) is 0.430. The Morgan fingerprint density at radius 1 is 0.829 bits per heavy atom. The van der Waals surface area contributed by atoms with E-state index < -0.39 is 52.7 Å². The molecule has 3 aliphatic rings. The number of carbonyl (C=O) groups is 4. The molecule has 2 fully saturated rings. The fraction of sp³-hybridized carbons (Fsp3) is 0.214. The number of carbonyl (C=O) groups excluding carboxylic acids is 4. The van der Waals surface area contributed by atoms with Crippen molar-refractivity contribution in [3.8, 4) is 0 Å². The molecule has 7 heteroatoms. The lowest BCUT2D eigenvalue weighted by atomic mass is 9.77. The molecule has 0 N–H and O–H groups in total. The van der Waals surface area contributed by atoms with Crippen LogP contribution < -0.4 is 0 Å². The minimum atomic E-state index is -2.09. The van der Waals surface area contributed by atoms with Gasteiger partial charge < -0.3 is 4.74 Å². The number of ether oxygens (including phenoxy) is 1. The third-order valence-corrected chi connectivity index (χ3v) is 7.27. The zero-order valence-electron chi connectivity index (χ0n) is 18.7. The summed E-state index contributed by atoms with van der Waals surface area (Å²) in [5, 5.41) is 0. The minimum absolute atomic E-state index is 0.0863. The van der Waals surface area contributed by atoms with Crippen molar-refractivity contribution in [3.63, 3.8) is 0 Å². The van der Waals surface area contributed by atoms with Crippen LogP contribution >= 0.6 is 0 Å². The van der Waals surface area contributed by atoms with Crippen LogP contribution in [0.15, 0.2) is 72.8 Å². The van der Waals surface area contributed by atoms with Gasteiger partial charge in [0.1, 0.15) is 5.82 Å². The summed E-state index contributed by atoms with van der Waals surface area (Å²) in [6.07, 6.45) is -0.947. The number of aryl methyl sites for hydroxylation is 1. The second kappa shape index (κ2) is 7.52. The molecular formula is C28H20FNO5. The van der Waals surface area contributed by atoms with Crippen molar-refractivity contribution in [1.82, 2.24) is 4.90 Å². The van der Waals surface area contributed by atoms with Crippen molar-refractivity contribution in [2.24, 2.45) is 11.8 Å². The molecule has 174 valence electrons. The first kappa shape index (κ1) is 21.6. The maximum atomic E-state index is 13.7. The highest BCUT2D eigenvalue weighted by Crippen LogP contribution is 2.57. The van der Waals surface area contributed by atoms with Gasteiger partial charge in [-0.25, -0.2) is 4.39 Å². The Labute approximate surface area is 200 Å². The van der Waals surface area contributed by atoms with E-state index in [0.29, 0.717) is 11.1 Å². The predicted molar refractivity (Wildman–Crippen MR) is 122 cm³/mol. The second-order valence-electron chi connectivity index (χ2n) is 9.28. The highest BCUT2D eigenvalue weighted by molar-refractivity contribution is 6.35. The molecule has 0 unspecified atom stereocenters. The van der Waals surface area contributed by atoms with Crippen LogP contribution in [0.3, 0.4) is 0 Å². The van der Waals surface area contributed by atoms with E-state index >= 15 is 0 Å². The monoisotopic (exact) mass is 469 g/mol. The normalized spacial score (nSPS) is 24.4. The standard InChI is InChI=1S/C28H20FNO5/c1-15-6-10-17(11-7-15)23-21-22(27(34)30(26(21)33)14-16-8-12-18(29)13-9-16)28(35-23)24(31)19-4-2-3-5-20(19)25(28)32/h2-13,21-23H,14H2,1H3/t21-,22+,23+/m1/s1. The molecule has 2 heterocycles. The van der Waals surface area contributed by atoms with Gasteiger partial charge in [-0.05, 0) is 30.2 Å². The summed E-state index contributed by atoms with van der Waals surface area (Å²) in [6, 6.07) is 19.1. The molecular weight excluding hydrogens is 449 g/mol. The van der Waals surface area contributed by atoms with Gasteiger partial charge in [-0.15, -0.1) is 0 Å². The Balaban J connectivity index is 1.48. The van der Waals surface area contributed by atoms with Gasteiger partial charge in [0, 0.05) is 11.1 Å². The van der Waals surface area contributed by atoms with Gasteiger partial charge in [0.05, 0.1) is 24.5 Å². The molecule has 2 amide bonds. The molecule has 6 rings (SSSR count). The van der Waals surface area contributed by atoms with Crippen LogP contribution in [0, 0.1) is 24.6 Å². The summed E-state index contributed by atoms with van der Waals surface area (Å²) in [5.74, 6) is -5.07. The molecule has 0 radical (unpaired) electrons. The van der Waals surface area contributed by atoms with E-state index in [0.717, 1.165) is 10.5 Å². The number of hydrogen-bond donors (Lipinski definition) is 0. The maximum absolute atomic E-state index is 13.7. The van der Waals surface area contributed by atoms with E-state index in [-0.39, 0.29) is 17.7 Å². The van der Waals surface area contributed by atoms with Gasteiger partial charge in [0.2, 0.25) is 29.0 Å². The smallest absolute Gasteiger partial charge is 0.237 e. The van der Waals surface area contributed by atoms with Crippen molar-refractivity contribution < 1.29 is 28.3 Å². The fourth-order valence-electron chi connectivity index (χ4n) is 5.56. The van der Waals surface area contributed by atoms with Crippen LogP contribution in [0.2, 0.25) is 0 Å².